The highest BCUT2D eigenvalue weighted by Crippen LogP contribution is 2.18. The van der Waals surface area contributed by atoms with Gasteiger partial charge in [0.15, 0.2) is 0 Å². The standard InChI is InChI=1S/C21H25N3O3/c1-16-8-10-17(11-9-16)27-15-20-23-18-6-3-4-7-19(18)24(20)14-21(25)22-12-5-13-26-2/h3-4,6-11H,5,12-15H2,1-2H3,(H,22,25). The molecule has 1 amide bonds. The summed E-state index contributed by atoms with van der Waals surface area (Å²) in [6, 6.07) is 15.7. The van der Waals surface area contributed by atoms with Crippen LogP contribution in [0, 0.1) is 6.92 Å². The van der Waals surface area contributed by atoms with Gasteiger partial charge in [0.2, 0.25) is 5.91 Å². The molecule has 3 aromatic rings. The molecule has 3 rings (SSSR count). The van der Waals surface area contributed by atoms with Gasteiger partial charge in [-0.1, -0.05) is 29.8 Å². The minimum atomic E-state index is -0.0501. The number of hydrogen-bond acceptors (Lipinski definition) is 4. The van der Waals surface area contributed by atoms with Crippen molar-refractivity contribution in [3.8, 4) is 5.75 Å². The number of para-hydroxylation sites is 2. The van der Waals surface area contributed by atoms with Gasteiger partial charge < -0.3 is 19.4 Å². The van der Waals surface area contributed by atoms with E-state index in [0.717, 1.165) is 29.0 Å². The van der Waals surface area contributed by atoms with Gasteiger partial charge in [0, 0.05) is 20.3 Å². The van der Waals surface area contributed by atoms with Gasteiger partial charge >= 0.3 is 0 Å². The quantitative estimate of drug-likeness (QED) is 0.590. The van der Waals surface area contributed by atoms with E-state index in [-0.39, 0.29) is 12.5 Å². The van der Waals surface area contributed by atoms with E-state index >= 15 is 0 Å². The summed E-state index contributed by atoms with van der Waals surface area (Å²) in [6.07, 6.45) is 0.788. The molecule has 0 aliphatic rings. The second-order valence-corrected chi connectivity index (χ2v) is 6.40. The van der Waals surface area contributed by atoms with Gasteiger partial charge in [-0.25, -0.2) is 4.98 Å². The van der Waals surface area contributed by atoms with E-state index in [1.807, 2.05) is 60.0 Å². The molecule has 1 N–H and O–H groups in total. The zero-order valence-electron chi connectivity index (χ0n) is 15.8. The van der Waals surface area contributed by atoms with Crippen molar-refractivity contribution in [2.24, 2.45) is 0 Å². The Morgan fingerprint density at radius 2 is 1.93 bits per heavy atom. The van der Waals surface area contributed by atoms with E-state index in [4.69, 9.17) is 9.47 Å². The molecule has 0 radical (unpaired) electrons. The normalized spacial score (nSPS) is 10.9. The number of rotatable bonds is 9. The third-order valence-corrected chi connectivity index (χ3v) is 4.27. The van der Waals surface area contributed by atoms with Gasteiger partial charge in [0.05, 0.1) is 11.0 Å². The van der Waals surface area contributed by atoms with E-state index in [1.165, 1.54) is 5.56 Å². The topological polar surface area (TPSA) is 65.4 Å². The lowest BCUT2D eigenvalue weighted by atomic mass is 10.2. The molecule has 1 heterocycles. The molecule has 1 aromatic heterocycles. The van der Waals surface area contributed by atoms with Crippen LogP contribution in [0.25, 0.3) is 11.0 Å². The summed E-state index contributed by atoms with van der Waals surface area (Å²) < 4.78 is 12.8. The first-order valence-corrected chi connectivity index (χ1v) is 9.06. The maximum absolute atomic E-state index is 12.3. The highest BCUT2D eigenvalue weighted by molar-refractivity contribution is 5.81. The van der Waals surface area contributed by atoms with Gasteiger partial charge in [-0.3, -0.25) is 4.79 Å². The van der Waals surface area contributed by atoms with E-state index in [2.05, 4.69) is 10.3 Å². The van der Waals surface area contributed by atoms with Crippen LogP contribution in [-0.4, -0.2) is 35.7 Å². The number of benzene rings is 2. The maximum Gasteiger partial charge on any atom is 0.240 e. The minimum Gasteiger partial charge on any atom is -0.486 e. The van der Waals surface area contributed by atoms with Crippen LogP contribution in [0.4, 0.5) is 0 Å². The molecule has 0 fully saturated rings. The number of aryl methyl sites for hydroxylation is 1. The average molecular weight is 367 g/mol. The summed E-state index contributed by atoms with van der Waals surface area (Å²) >= 11 is 0. The predicted octanol–water partition coefficient (Wildman–Crippen LogP) is 3.08. The fourth-order valence-electron chi connectivity index (χ4n) is 2.84. The van der Waals surface area contributed by atoms with Crippen LogP contribution in [0.3, 0.4) is 0 Å². The highest BCUT2D eigenvalue weighted by atomic mass is 16.5. The van der Waals surface area contributed by atoms with Crippen LogP contribution in [0.15, 0.2) is 48.5 Å². The molecular formula is C21H25N3O3. The molecule has 6 heteroatoms. The van der Waals surface area contributed by atoms with Crippen LogP contribution in [-0.2, 0) is 22.7 Å². The average Bonchev–Trinajstić information content (AvgIpc) is 3.02. The maximum atomic E-state index is 12.3. The van der Waals surface area contributed by atoms with E-state index < -0.39 is 0 Å². The fraction of sp³-hybridized carbons (Fsp3) is 0.333. The lowest BCUT2D eigenvalue weighted by molar-refractivity contribution is -0.121. The summed E-state index contributed by atoms with van der Waals surface area (Å²) in [5.41, 5.74) is 2.96. The molecule has 0 unspecified atom stereocenters. The van der Waals surface area contributed by atoms with Crippen molar-refractivity contribution in [1.29, 1.82) is 0 Å². The van der Waals surface area contributed by atoms with Gasteiger partial charge in [-0.05, 0) is 37.6 Å². The summed E-state index contributed by atoms with van der Waals surface area (Å²) in [4.78, 5) is 17.0. The molecule has 2 aromatic carbocycles. The number of amides is 1. The lowest BCUT2D eigenvalue weighted by Gasteiger charge is -2.11. The van der Waals surface area contributed by atoms with Gasteiger partial charge in [0.25, 0.3) is 0 Å². The number of nitrogens with one attached hydrogen (secondary N) is 1. The first-order valence-electron chi connectivity index (χ1n) is 9.06. The van der Waals surface area contributed by atoms with Gasteiger partial charge in [-0.15, -0.1) is 0 Å². The number of fused-ring (bicyclic) bond motifs is 1. The number of carbonyl (C=O) groups excluding carboxylic acids is 1. The van der Waals surface area contributed by atoms with Crippen molar-refractivity contribution >= 4 is 16.9 Å². The van der Waals surface area contributed by atoms with Crippen molar-refractivity contribution in [2.75, 3.05) is 20.3 Å². The van der Waals surface area contributed by atoms with Crippen LogP contribution < -0.4 is 10.1 Å². The lowest BCUT2D eigenvalue weighted by Crippen LogP contribution is -2.29. The van der Waals surface area contributed by atoms with Crippen molar-refractivity contribution < 1.29 is 14.3 Å². The Labute approximate surface area is 159 Å². The molecule has 0 spiro atoms. The summed E-state index contributed by atoms with van der Waals surface area (Å²) in [5, 5.41) is 2.92. The Balaban J connectivity index is 1.73. The number of carbonyl (C=O) groups is 1. The summed E-state index contributed by atoms with van der Waals surface area (Å²) in [7, 11) is 1.65. The van der Waals surface area contributed by atoms with Crippen molar-refractivity contribution in [2.45, 2.75) is 26.5 Å². The molecule has 0 aliphatic carbocycles. The first-order chi connectivity index (χ1) is 13.2. The van der Waals surface area contributed by atoms with Crippen LogP contribution >= 0.6 is 0 Å². The molecule has 0 saturated heterocycles. The minimum absolute atomic E-state index is 0.0501. The molecule has 27 heavy (non-hydrogen) atoms. The second-order valence-electron chi connectivity index (χ2n) is 6.40. The van der Waals surface area contributed by atoms with Crippen LogP contribution in [0.1, 0.15) is 17.8 Å². The Hall–Kier alpha value is -2.86. The van der Waals surface area contributed by atoms with Crippen LogP contribution in [0.2, 0.25) is 0 Å². The fourth-order valence-corrected chi connectivity index (χ4v) is 2.84. The third-order valence-electron chi connectivity index (χ3n) is 4.27. The largest absolute Gasteiger partial charge is 0.486 e. The third kappa shape index (κ3) is 5.08. The molecule has 6 nitrogen and oxygen atoms in total. The molecule has 0 saturated carbocycles. The number of hydrogen-bond donors (Lipinski definition) is 1. The van der Waals surface area contributed by atoms with E-state index in [0.29, 0.717) is 19.8 Å². The van der Waals surface area contributed by atoms with Crippen molar-refractivity contribution in [3.05, 3.63) is 59.9 Å². The first kappa shape index (κ1) is 18.9. The zero-order valence-corrected chi connectivity index (χ0v) is 15.8. The number of methoxy groups -OCH3 is 1. The predicted molar refractivity (Wildman–Crippen MR) is 105 cm³/mol. The summed E-state index contributed by atoms with van der Waals surface area (Å²) in [6.45, 7) is 3.77. The van der Waals surface area contributed by atoms with E-state index in [9.17, 15) is 4.79 Å². The Morgan fingerprint density at radius 1 is 1.15 bits per heavy atom. The molecular weight excluding hydrogens is 342 g/mol. The highest BCUT2D eigenvalue weighted by Gasteiger charge is 2.14. The number of nitrogens with zero attached hydrogens (tertiary/aromatic N) is 2. The van der Waals surface area contributed by atoms with Crippen molar-refractivity contribution in [1.82, 2.24) is 14.9 Å². The zero-order chi connectivity index (χ0) is 19.1. The molecule has 0 aliphatic heterocycles. The molecule has 0 bridgehead atoms. The molecule has 142 valence electrons. The second kappa shape index (κ2) is 9.19. The van der Waals surface area contributed by atoms with Crippen LogP contribution in [0.5, 0.6) is 5.75 Å². The van der Waals surface area contributed by atoms with Gasteiger partial charge in [0.1, 0.15) is 24.7 Å². The molecule has 0 atom stereocenters. The Morgan fingerprint density at radius 3 is 2.70 bits per heavy atom. The monoisotopic (exact) mass is 367 g/mol. The number of aromatic nitrogens is 2. The van der Waals surface area contributed by atoms with Crippen molar-refractivity contribution in [3.63, 3.8) is 0 Å². The Kier molecular flexibility index (Phi) is 6.44. The Bertz CT molecular complexity index is 887. The number of ether oxygens (including phenoxy) is 2. The SMILES string of the molecule is COCCCNC(=O)Cn1c(COc2ccc(C)cc2)nc2ccccc21. The summed E-state index contributed by atoms with van der Waals surface area (Å²) in [5.74, 6) is 1.46. The number of imidazole rings is 1. The smallest absolute Gasteiger partial charge is 0.240 e. The van der Waals surface area contributed by atoms with E-state index in [1.54, 1.807) is 7.11 Å². The van der Waals surface area contributed by atoms with Gasteiger partial charge in [-0.2, -0.15) is 0 Å².